The molecule has 0 unspecified atom stereocenters. The van der Waals surface area contributed by atoms with Gasteiger partial charge in [-0.2, -0.15) is 0 Å². The zero-order chi connectivity index (χ0) is 18.0. The Labute approximate surface area is 153 Å². The molecule has 2 aliphatic heterocycles. The number of rotatable bonds is 4. The summed E-state index contributed by atoms with van der Waals surface area (Å²) < 4.78 is 19.5. The van der Waals surface area contributed by atoms with E-state index in [0.29, 0.717) is 17.9 Å². The molecule has 0 radical (unpaired) electrons. The van der Waals surface area contributed by atoms with Crippen LogP contribution in [0, 0.1) is 11.2 Å². The second kappa shape index (κ2) is 7.19. The van der Waals surface area contributed by atoms with Crippen LogP contribution in [-0.4, -0.2) is 48.2 Å². The number of hydrogen-bond acceptors (Lipinski definition) is 5. The number of benzene rings is 1. The van der Waals surface area contributed by atoms with Gasteiger partial charge in [0.2, 0.25) is 0 Å². The van der Waals surface area contributed by atoms with Crippen molar-refractivity contribution in [3.8, 4) is 5.75 Å². The standard InChI is InChI=1S/C20H25FN4O/c1-26-17-3-4-18(21)16(11-17)13-24-9-2-5-20(14-24)6-10-25(15-20)19-12-22-7-8-23-19/h3-4,7-8,11-12H,2,5-6,9-10,13-15H2,1H3/t20-/m0/s1. The Balaban J connectivity index is 1.45. The smallest absolute Gasteiger partial charge is 0.147 e. The lowest BCUT2D eigenvalue weighted by atomic mass is 9.79. The third-order valence-electron chi connectivity index (χ3n) is 5.70. The Bertz CT molecular complexity index is 757. The first-order valence-electron chi connectivity index (χ1n) is 9.23. The molecule has 138 valence electrons. The lowest BCUT2D eigenvalue weighted by molar-refractivity contribution is 0.0981. The first-order chi connectivity index (χ1) is 12.7. The lowest BCUT2D eigenvalue weighted by Gasteiger charge is -2.40. The first-order valence-corrected chi connectivity index (χ1v) is 9.23. The van der Waals surface area contributed by atoms with Crippen LogP contribution in [0.25, 0.3) is 0 Å². The molecule has 1 aromatic heterocycles. The normalized spacial score (nSPS) is 23.5. The van der Waals surface area contributed by atoms with Crippen LogP contribution in [0.4, 0.5) is 10.2 Å². The van der Waals surface area contributed by atoms with Crippen LogP contribution in [0.1, 0.15) is 24.8 Å². The van der Waals surface area contributed by atoms with E-state index in [1.165, 1.54) is 12.5 Å². The van der Waals surface area contributed by atoms with Gasteiger partial charge in [-0.05, 0) is 44.0 Å². The molecule has 2 aliphatic rings. The topological polar surface area (TPSA) is 41.5 Å². The van der Waals surface area contributed by atoms with Crippen molar-refractivity contribution in [2.75, 3.05) is 38.2 Å². The van der Waals surface area contributed by atoms with Gasteiger partial charge in [-0.15, -0.1) is 0 Å². The third-order valence-corrected chi connectivity index (χ3v) is 5.70. The predicted octanol–water partition coefficient (Wildman–Crippen LogP) is 3.12. The summed E-state index contributed by atoms with van der Waals surface area (Å²) in [7, 11) is 1.62. The molecular weight excluding hydrogens is 331 g/mol. The summed E-state index contributed by atoms with van der Waals surface area (Å²) in [6, 6.07) is 4.99. The average Bonchev–Trinajstić information content (AvgIpc) is 3.07. The van der Waals surface area contributed by atoms with Crippen molar-refractivity contribution in [1.82, 2.24) is 14.9 Å². The summed E-state index contributed by atoms with van der Waals surface area (Å²) in [6.07, 6.45) is 8.83. The largest absolute Gasteiger partial charge is 0.497 e. The Morgan fingerprint density at radius 2 is 2.12 bits per heavy atom. The van der Waals surface area contributed by atoms with E-state index in [9.17, 15) is 4.39 Å². The molecule has 2 aromatic rings. The molecule has 6 heteroatoms. The minimum atomic E-state index is -0.155. The van der Waals surface area contributed by atoms with Gasteiger partial charge in [0.05, 0.1) is 13.3 Å². The van der Waals surface area contributed by atoms with Crippen LogP contribution in [0.3, 0.4) is 0 Å². The SMILES string of the molecule is COc1ccc(F)c(CN2CCC[C@]3(CCN(c4cnccn4)C3)C2)c1. The Morgan fingerprint density at radius 1 is 1.19 bits per heavy atom. The Hall–Kier alpha value is -2.21. The molecular formula is C20H25FN4O. The second-order valence-corrected chi connectivity index (χ2v) is 7.51. The van der Waals surface area contributed by atoms with Gasteiger partial charge in [-0.1, -0.05) is 0 Å². The number of methoxy groups -OCH3 is 1. The van der Waals surface area contributed by atoms with Crippen molar-refractivity contribution in [3.63, 3.8) is 0 Å². The summed E-state index contributed by atoms with van der Waals surface area (Å²) in [5.41, 5.74) is 0.982. The third kappa shape index (κ3) is 3.51. The van der Waals surface area contributed by atoms with Crippen LogP contribution in [0.15, 0.2) is 36.8 Å². The molecule has 0 aliphatic carbocycles. The first kappa shape index (κ1) is 17.2. The van der Waals surface area contributed by atoms with Gasteiger partial charge in [0, 0.05) is 49.6 Å². The average molecular weight is 356 g/mol. The van der Waals surface area contributed by atoms with Gasteiger partial charge in [0.25, 0.3) is 0 Å². The summed E-state index contributed by atoms with van der Waals surface area (Å²) in [4.78, 5) is 13.4. The number of likely N-dealkylation sites (tertiary alicyclic amines) is 1. The van der Waals surface area contributed by atoms with Gasteiger partial charge in [0.15, 0.2) is 0 Å². The fraction of sp³-hybridized carbons (Fsp3) is 0.500. The zero-order valence-corrected chi connectivity index (χ0v) is 15.2. The number of piperidine rings is 1. The van der Waals surface area contributed by atoms with Crippen LogP contribution < -0.4 is 9.64 Å². The number of halogens is 1. The maximum absolute atomic E-state index is 14.2. The molecule has 2 fully saturated rings. The van der Waals surface area contributed by atoms with E-state index < -0.39 is 0 Å². The van der Waals surface area contributed by atoms with Gasteiger partial charge < -0.3 is 9.64 Å². The minimum absolute atomic E-state index is 0.155. The fourth-order valence-corrected chi connectivity index (χ4v) is 4.40. The molecule has 1 atom stereocenters. The van der Waals surface area contributed by atoms with Crippen molar-refractivity contribution in [1.29, 1.82) is 0 Å². The highest BCUT2D eigenvalue weighted by Gasteiger charge is 2.41. The summed E-state index contributed by atoms with van der Waals surface area (Å²) in [5, 5.41) is 0. The number of nitrogens with zero attached hydrogens (tertiary/aromatic N) is 4. The predicted molar refractivity (Wildman–Crippen MR) is 98.8 cm³/mol. The van der Waals surface area contributed by atoms with Gasteiger partial charge in [0.1, 0.15) is 17.4 Å². The van der Waals surface area contributed by atoms with Crippen molar-refractivity contribution in [2.24, 2.45) is 5.41 Å². The van der Waals surface area contributed by atoms with Crippen LogP contribution >= 0.6 is 0 Å². The lowest BCUT2D eigenvalue weighted by Crippen LogP contribution is -2.44. The highest BCUT2D eigenvalue weighted by Crippen LogP contribution is 2.40. The Morgan fingerprint density at radius 3 is 2.92 bits per heavy atom. The van der Waals surface area contributed by atoms with Crippen LogP contribution in [-0.2, 0) is 6.54 Å². The van der Waals surface area contributed by atoms with Crippen molar-refractivity contribution in [3.05, 3.63) is 48.2 Å². The number of hydrogen-bond donors (Lipinski definition) is 0. The molecule has 1 aromatic carbocycles. The Kier molecular flexibility index (Phi) is 4.76. The quantitative estimate of drug-likeness (QED) is 0.842. The molecule has 0 bridgehead atoms. The zero-order valence-electron chi connectivity index (χ0n) is 15.2. The van der Waals surface area contributed by atoms with E-state index in [1.807, 2.05) is 12.3 Å². The van der Waals surface area contributed by atoms with E-state index in [1.54, 1.807) is 25.6 Å². The fourth-order valence-electron chi connectivity index (χ4n) is 4.40. The maximum atomic E-state index is 14.2. The number of ether oxygens (including phenoxy) is 1. The monoisotopic (exact) mass is 356 g/mol. The van der Waals surface area contributed by atoms with Gasteiger partial charge in [-0.3, -0.25) is 9.88 Å². The van der Waals surface area contributed by atoms with E-state index in [-0.39, 0.29) is 11.2 Å². The molecule has 0 N–H and O–H groups in total. The molecule has 26 heavy (non-hydrogen) atoms. The van der Waals surface area contributed by atoms with Gasteiger partial charge in [-0.25, -0.2) is 9.37 Å². The molecule has 2 saturated heterocycles. The highest BCUT2D eigenvalue weighted by molar-refractivity contribution is 5.37. The van der Waals surface area contributed by atoms with Crippen molar-refractivity contribution >= 4 is 5.82 Å². The van der Waals surface area contributed by atoms with Crippen LogP contribution in [0.2, 0.25) is 0 Å². The summed E-state index contributed by atoms with van der Waals surface area (Å²) in [5.74, 6) is 1.51. The molecule has 0 saturated carbocycles. The van der Waals surface area contributed by atoms with E-state index in [2.05, 4.69) is 19.8 Å². The van der Waals surface area contributed by atoms with E-state index in [4.69, 9.17) is 4.74 Å². The minimum Gasteiger partial charge on any atom is -0.497 e. The number of aromatic nitrogens is 2. The second-order valence-electron chi connectivity index (χ2n) is 7.51. The van der Waals surface area contributed by atoms with E-state index in [0.717, 1.165) is 44.8 Å². The van der Waals surface area contributed by atoms with Crippen molar-refractivity contribution in [2.45, 2.75) is 25.8 Å². The summed E-state index contributed by atoms with van der Waals surface area (Å²) in [6.45, 7) is 4.67. The molecule has 4 rings (SSSR count). The number of anilines is 1. The molecule has 3 heterocycles. The molecule has 0 amide bonds. The van der Waals surface area contributed by atoms with Gasteiger partial charge >= 0.3 is 0 Å². The van der Waals surface area contributed by atoms with E-state index >= 15 is 0 Å². The maximum Gasteiger partial charge on any atom is 0.147 e. The van der Waals surface area contributed by atoms with Crippen molar-refractivity contribution < 1.29 is 9.13 Å². The summed E-state index contributed by atoms with van der Waals surface area (Å²) >= 11 is 0. The van der Waals surface area contributed by atoms with Crippen LogP contribution in [0.5, 0.6) is 5.75 Å². The molecule has 1 spiro atoms. The highest BCUT2D eigenvalue weighted by atomic mass is 19.1. The molecule has 5 nitrogen and oxygen atoms in total.